The van der Waals surface area contributed by atoms with Gasteiger partial charge in [-0.1, -0.05) is 0 Å². The molecular formula is C6H11N3. The Kier molecular flexibility index (Phi) is 1.62. The third-order valence-electron chi connectivity index (χ3n) is 1.42. The fourth-order valence-electron chi connectivity index (χ4n) is 0.814. The molecule has 0 aromatic carbocycles. The van der Waals surface area contributed by atoms with Crippen molar-refractivity contribution in [2.45, 2.75) is 18.9 Å². The van der Waals surface area contributed by atoms with E-state index in [9.17, 15) is 0 Å². The molecule has 1 atom stereocenters. The zero-order valence-corrected chi connectivity index (χ0v) is 5.54. The molecule has 0 radical (unpaired) electrons. The predicted molar refractivity (Wildman–Crippen MR) is 39.1 cm³/mol. The van der Waals surface area contributed by atoms with Gasteiger partial charge in [-0.25, -0.2) is 4.99 Å². The summed E-state index contributed by atoms with van der Waals surface area (Å²) in [6.45, 7) is 2.69. The van der Waals surface area contributed by atoms with E-state index >= 15 is 0 Å². The highest BCUT2D eigenvalue weighted by Crippen LogP contribution is 2.13. The molecule has 0 spiro atoms. The van der Waals surface area contributed by atoms with Gasteiger partial charge in [0, 0.05) is 6.21 Å². The second-order valence-corrected chi connectivity index (χ2v) is 2.42. The number of aliphatic imine (C=N–C) groups is 2. The molecule has 3 nitrogen and oxygen atoms in total. The first-order valence-corrected chi connectivity index (χ1v) is 3.05. The van der Waals surface area contributed by atoms with Crippen LogP contribution in [0.15, 0.2) is 9.98 Å². The Labute approximate surface area is 54.7 Å². The normalized spacial score (nSPS) is 31.8. The fourth-order valence-corrected chi connectivity index (χ4v) is 0.814. The zero-order chi connectivity index (χ0) is 6.74. The maximum atomic E-state index is 5.36. The Bertz CT molecular complexity index is 136. The Balaban J connectivity index is 2.53. The van der Waals surface area contributed by atoms with Crippen LogP contribution in [0.2, 0.25) is 0 Å². The minimum atomic E-state index is -0.102. The second kappa shape index (κ2) is 2.27. The monoisotopic (exact) mass is 125 g/mol. The summed E-state index contributed by atoms with van der Waals surface area (Å²) < 4.78 is 0. The molecule has 0 fully saturated rings. The summed E-state index contributed by atoms with van der Waals surface area (Å²) in [6.07, 6.45) is 4.29. The predicted octanol–water partition coefficient (Wildman–Crippen LogP) is 0.207. The summed E-state index contributed by atoms with van der Waals surface area (Å²) in [5, 5.41) is 0. The van der Waals surface area contributed by atoms with Gasteiger partial charge in [0.15, 0.2) is 0 Å². The molecule has 1 aliphatic rings. The minimum Gasteiger partial charge on any atom is -0.330 e. The van der Waals surface area contributed by atoms with Crippen molar-refractivity contribution in [3.8, 4) is 0 Å². The smallest absolute Gasteiger partial charge is 0.110 e. The van der Waals surface area contributed by atoms with Gasteiger partial charge in [0.05, 0.1) is 5.54 Å². The van der Waals surface area contributed by atoms with Gasteiger partial charge < -0.3 is 5.73 Å². The SMILES string of the molecule is CC1(CCN)C=NC=N1. The highest BCUT2D eigenvalue weighted by Gasteiger charge is 2.20. The van der Waals surface area contributed by atoms with Gasteiger partial charge in [-0.05, 0) is 19.9 Å². The topological polar surface area (TPSA) is 50.7 Å². The van der Waals surface area contributed by atoms with Crippen molar-refractivity contribution in [2.75, 3.05) is 6.54 Å². The van der Waals surface area contributed by atoms with Crippen LogP contribution in [0, 0.1) is 0 Å². The third-order valence-corrected chi connectivity index (χ3v) is 1.42. The van der Waals surface area contributed by atoms with E-state index in [1.54, 1.807) is 6.34 Å². The first kappa shape index (κ1) is 6.42. The molecule has 1 rings (SSSR count). The molecule has 1 unspecified atom stereocenters. The standard InChI is InChI=1S/C6H11N3/c1-6(2-3-7)4-8-5-9-6/h4-5H,2-3,7H2,1H3. The molecule has 0 aromatic heterocycles. The van der Waals surface area contributed by atoms with Crippen LogP contribution in [-0.2, 0) is 0 Å². The Morgan fingerprint density at radius 2 is 2.44 bits per heavy atom. The Hall–Kier alpha value is -0.700. The van der Waals surface area contributed by atoms with Crippen molar-refractivity contribution in [1.29, 1.82) is 0 Å². The van der Waals surface area contributed by atoms with E-state index in [2.05, 4.69) is 9.98 Å². The summed E-state index contributed by atoms with van der Waals surface area (Å²) in [4.78, 5) is 8.01. The van der Waals surface area contributed by atoms with Crippen molar-refractivity contribution in [3.63, 3.8) is 0 Å². The molecular weight excluding hydrogens is 114 g/mol. The quantitative estimate of drug-likeness (QED) is 0.563. The number of nitrogens with zero attached hydrogens (tertiary/aromatic N) is 2. The van der Waals surface area contributed by atoms with Gasteiger partial charge in [-0.15, -0.1) is 0 Å². The van der Waals surface area contributed by atoms with Gasteiger partial charge >= 0.3 is 0 Å². The first-order chi connectivity index (χ1) is 4.27. The molecule has 0 amide bonds. The van der Waals surface area contributed by atoms with Crippen LogP contribution < -0.4 is 5.73 Å². The van der Waals surface area contributed by atoms with E-state index in [0.717, 1.165) is 6.42 Å². The number of nitrogens with two attached hydrogens (primary N) is 1. The number of rotatable bonds is 2. The molecule has 3 heteroatoms. The van der Waals surface area contributed by atoms with Crippen molar-refractivity contribution in [2.24, 2.45) is 15.7 Å². The summed E-state index contributed by atoms with van der Waals surface area (Å²) >= 11 is 0. The van der Waals surface area contributed by atoms with Gasteiger partial charge in [0.1, 0.15) is 6.34 Å². The van der Waals surface area contributed by atoms with Crippen molar-refractivity contribution >= 4 is 12.6 Å². The highest BCUT2D eigenvalue weighted by atomic mass is 15.0. The van der Waals surface area contributed by atoms with Crippen LogP contribution in [0.25, 0.3) is 0 Å². The summed E-state index contributed by atoms with van der Waals surface area (Å²) in [5.41, 5.74) is 5.26. The molecule has 0 bridgehead atoms. The van der Waals surface area contributed by atoms with Crippen LogP contribution in [0.1, 0.15) is 13.3 Å². The van der Waals surface area contributed by atoms with Crippen LogP contribution in [-0.4, -0.2) is 24.6 Å². The van der Waals surface area contributed by atoms with Crippen molar-refractivity contribution in [1.82, 2.24) is 0 Å². The lowest BCUT2D eigenvalue weighted by molar-refractivity contribution is 0.600. The highest BCUT2D eigenvalue weighted by molar-refractivity contribution is 5.85. The molecule has 0 saturated carbocycles. The molecule has 9 heavy (non-hydrogen) atoms. The molecule has 0 aromatic rings. The zero-order valence-electron chi connectivity index (χ0n) is 5.54. The summed E-state index contributed by atoms with van der Waals surface area (Å²) in [7, 11) is 0. The third kappa shape index (κ3) is 1.36. The first-order valence-electron chi connectivity index (χ1n) is 3.05. The number of hydrogen-bond acceptors (Lipinski definition) is 3. The Morgan fingerprint density at radius 1 is 1.67 bits per heavy atom. The van der Waals surface area contributed by atoms with E-state index in [-0.39, 0.29) is 5.54 Å². The van der Waals surface area contributed by atoms with Crippen LogP contribution in [0.3, 0.4) is 0 Å². The van der Waals surface area contributed by atoms with Gasteiger partial charge in [-0.3, -0.25) is 4.99 Å². The van der Waals surface area contributed by atoms with E-state index < -0.39 is 0 Å². The van der Waals surface area contributed by atoms with Gasteiger partial charge in [0.2, 0.25) is 0 Å². The van der Waals surface area contributed by atoms with Crippen LogP contribution in [0.5, 0.6) is 0 Å². The maximum absolute atomic E-state index is 5.36. The van der Waals surface area contributed by atoms with Gasteiger partial charge in [0.25, 0.3) is 0 Å². The van der Waals surface area contributed by atoms with E-state index in [1.807, 2.05) is 13.1 Å². The molecule has 0 aliphatic carbocycles. The largest absolute Gasteiger partial charge is 0.330 e. The lowest BCUT2D eigenvalue weighted by Gasteiger charge is -2.13. The summed E-state index contributed by atoms with van der Waals surface area (Å²) in [5.74, 6) is 0. The van der Waals surface area contributed by atoms with Crippen LogP contribution >= 0.6 is 0 Å². The average molecular weight is 125 g/mol. The molecule has 2 N–H and O–H groups in total. The van der Waals surface area contributed by atoms with Crippen molar-refractivity contribution in [3.05, 3.63) is 0 Å². The lowest BCUT2D eigenvalue weighted by atomic mass is 10.0. The fraction of sp³-hybridized carbons (Fsp3) is 0.667. The molecule has 50 valence electrons. The average Bonchev–Trinajstić information content (AvgIpc) is 2.16. The van der Waals surface area contributed by atoms with E-state index in [4.69, 9.17) is 5.73 Å². The van der Waals surface area contributed by atoms with Crippen molar-refractivity contribution < 1.29 is 0 Å². The van der Waals surface area contributed by atoms with Crippen LogP contribution in [0.4, 0.5) is 0 Å². The Morgan fingerprint density at radius 3 is 2.89 bits per heavy atom. The number of hydrogen-bond donors (Lipinski definition) is 1. The minimum absolute atomic E-state index is 0.102. The maximum Gasteiger partial charge on any atom is 0.110 e. The summed E-state index contributed by atoms with van der Waals surface area (Å²) in [6, 6.07) is 0. The second-order valence-electron chi connectivity index (χ2n) is 2.42. The van der Waals surface area contributed by atoms with E-state index in [1.165, 1.54) is 0 Å². The molecule has 1 aliphatic heterocycles. The molecule has 0 saturated heterocycles. The lowest BCUT2D eigenvalue weighted by Crippen LogP contribution is -2.25. The molecule has 1 heterocycles. The van der Waals surface area contributed by atoms with Gasteiger partial charge in [-0.2, -0.15) is 0 Å². The van der Waals surface area contributed by atoms with E-state index in [0.29, 0.717) is 6.54 Å².